The Balaban J connectivity index is 1.81. The van der Waals surface area contributed by atoms with Crippen LogP contribution in [-0.2, 0) is 11.3 Å². The third kappa shape index (κ3) is 4.36. The third-order valence-corrected chi connectivity index (χ3v) is 5.06. The topological polar surface area (TPSA) is 64.0 Å². The smallest absolute Gasteiger partial charge is 0.262 e. The Labute approximate surface area is 160 Å². The number of aromatic nitrogens is 2. The number of anilines is 1. The van der Waals surface area contributed by atoms with Gasteiger partial charge in [-0.2, -0.15) is 0 Å². The highest BCUT2D eigenvalue weighted by Gasteiger charge is 2.13. The minimum atomic E-state index is -0.406. The van der Waals surface area contributed by atoms with Crippen LogP contribution >= 0.6 is 11.8 Å². The fourth-order valence-corrected chi connectivity index (χ4v) is 3.55. The van der Waals surface area contributed by atoms with Gasteiger partial charge in [0.1, 0.15) is 5.82 Å². The maximum atomic E-state index is 13.4. The van der Waals surface area contributed by atoms with E-state index in [0.29, 0.717) is 28.3 Å². The molecular formula is C20H20FN3O2S. The number of thioether (sulfide) groups is 1. The molecule has 0 atom stereocenters. The molecule has 1 N–H and O–H groups in total. The van der Waals surface area contributed by atoms with Crippen molar-refractivity contribution in [3.05, 3.63) is 64.2 Å². The summed E-state index contributed by atoms with van der Waals surface area (Å²) in [5, 5.41) is 3.78. The molecule has 0 bridgehead atoms. The normalized spacial score (nSPS) is 10.9. The van der Waals surface area contributed by atoms with Crippen LogP contribution in [0.1, 0.15) is 18.9 Å². The summed E-state index contributed by atoms with van der Waals surface area (Å²) in [6.45, 7) is 4.31. The van der Waals surface area contributed by atoms with E-state index >= 15 is 0 Å². The number of nitrogens with one attached hydrogen (secondary N) is 1. The number of hydrogen-bond donors (Lipinski definition) is 1. The molecular weight excluding hydrogens is 365 g/mol. The van der Waals surface area contributed by atoms with Gasteiger partial charge in [-0.1, -0.05) is 36.9 Å². The highest BCUT2D eigenvalue weighted by Crippen LogP contribution is 2.20. The van der Waals surface area contributed by atoms with E-state index in [1.165, 1.54) is 23.9 Å². The van der Waals surface area contributed by atoms with Crippen LogP contribution in [0.15, 0.2) is 52.4 Å². The summed E-state index contributed by atoms with van der Waals surface area (Å²) in [6, 6.07) is 11.4. The lowest BCUT2D eigenvalue weighted by molar-refractivity contribution is -0.113. The number of fused-ring (bicyclic) bond motifs is 1. The Morgan fingerprint density at radius 2 is 2.04 bits per heavy atom. The van der Waals surface area contributed by atoms with Crippen molar-refractivity contribution in [3.8, 4) is 0 Å². The lowest BCUT2D eigenvalue weighted by Gasteiger charge is -2.12. The Kier molecular flexibility index (Phi) is 5.91. The van der Waals surface area contributed by atoms with Crippen molar-refractivity contribution >= 4 is 34.3 Å². The van der Waals surface area contributed by atoms with Crippen LogP contribution in [0.2, 0.25) is 0 Å². The second-order valence-corrected chi connectivity index (χ2v) is 7.11. The molecule has 3 rings (SSSR count). The zero-order chi connectivity index (χ0) is 19.4. The van der Waals surface area contributed by atoms with E-state index in [9.17, 15) is 14.0 Å². The maximum Gasteiger partial charge on any atom is 0.262 e. The maximum absolute atomic E-state index is 13.4. The Bertz CT molecular complexity index is 1050. The van der Waals surface area contributed by atoms with Gasteiger partial charge in [0.25, 0.3) is 5.56 Å². The van der Waals surface area contributed by atoms with E-state index in [4.69, 9.17) is 0 Å². The number of carbonyl (C=O) groups is 1. The van der Waals surface area contributed by atoms with E-state index < -0.39 is 5.82 Å². The zero-order valence-corrected chi connectivity index (χ0v) is 16.0. The Morgan fingerprint density at radius 1 is 1.26 bits per heavy atom. The van der Waals surface area contributed by atoms with E-state index in [0.717, 1.165) is 12.0 Å². The van der Waals surface area contributed by atoms with Crippen molar-refractivity contribution in [1.82, 2.24) is 9.55 Å². The zero-order valence-electron chi connectivity index (χ0n) is 15.2. The van der Waals surface area contributed by atoms with Crippen molar-refractivity contribution in [1.29, 1.82) is 0 Å². The van der Waals surface area contributed by atoms with Crippen LogP contribution in [0.5, 0.6) is 0 Å². The summed E-state index contributed by atoms with van der Waals surface area (Å²) in [4.78, 5) is 29.6. The second kappa shape index (κ2) is 8.35. The first-order chi connectivity index (χ1) is 13.0. The summed E-state index contributed by atoms with van der Waals surface area (Å²) < 4.78 is 15.0. The van der Waals surface area contributed by atoms with Gasteiger partial charge in [-0.3, -0.25) is 14.2 Å². The van der Waals surface area contributed by atoms with Gasteiger partial charge in [-0.15, -0.1) is 0 Å². The van der Waals surface area contributed by atoms with Crippen molar-refractivity contribution in [3.63, 3.8) is 0 Å². The molecule has 0 unspecified atom stereocenters. The monoisotopic (exact) mass is 385 g/mol. The van der Waals surface area contributed by atoms with Gasteiger partial charge in [0.2, 0.25) is 5.91 Å². The molecule has 0 fully saturated rings. The average Bonchev–Trinajstić information content (AvgIpc) is 2.66. The number of nitrogens with zero attached hydrogens (tertiary/aromatic N) is 2. The lowest BCUT2D eigenvalue weighted by atomic mass is 10.2. The van der Waals surface area contributed by atoms with Crippen molar-refractivity contribution in [2.45, 2.75) is 32.0 Å². The quantitative estimate of drug-likeness (QED) is 0.515. The largest absolute Gasteiger partial charge is 0.325 e. The SMILES string of the molecule is CCCn1c(SCC(=O)Nc2cc(F)ccc2C)nc2ccccc2c1=O. The summed E-state index contributed by atoms with van der Waals surface area (Å²) >= 11 is 1.20. The molecule has 3 aromatic rings. The van der Waals surface area contributed by atoms with Crippen LogP contribution in [0.3, 0.4) is 0 Å². The highest BCUT2D eigenvalue weighted by molar-refractivity contribution is 7.99. The first-order valence-corrected chi connectivity index (χ1v) is 9.66. The number of benzene rings is 2. The number of carbonyl (C=O) groups excluding carboxylic acids is 1. The number of aryl methyl sites for hydroxylation is 1. The average molecular weight is 385 g/mol. The van der Waals surface area contributed by atoms with Gasteiger partial charge >= 0.3 is 0 Å². The summed E-state index contributed by atoms with van der Waals surface area (Å²) in [5.74, 6) is -0.611. The molecule has 1 heterocycles. The van der Waals surface area contributed by atoms with Crippen LogP contribution in [0.25, 0.3) is 10.9 Å². The molecule has 140 valence electrons. The van der Waals surface area contributed by atoms with Gasteiger partial charge in [0.05, 0.1) is 16.7 Å². The van der Waals surface area contributed by atoms with Gasteiger partial charge < -0.3 is 5.32 Å². The lowest BCUT2D eigenvalue weighted by Crippen LogP contribution is -2.24. The van der Waals surface area contributed by atoms with Crippen LogP contribution in [-0.4, -0.2) is 21.2 Å². The van der Waals surface area contributed by atoms with E-state index in [1.54, 1.807) is 29.7 Å². The van der Waals surface area contributed by atoms with Gasteiger partial charge in [0.15, 0.2) is 5.16 Å². The first kappa shape index (κ1) is 19.1. The second-order valence-electron chi connectivity index (χ2n) is 6.16. The molecule has 0 aliphatic carbocycles. The van der Waals surface area contributed by atoms with Crippen molar-refractivity contribution < 1.29 is 9.18 Å². The summed E-state index contributed by atoms with van der Waals surface area (Å²) in [6.07, 6.45) is 0.780. The minimum Gasteiger partial charge on any atom is -0.325 e. The molecule has 27 heavy (non-hydrogen) atoms. The molecule has 0 aliphatic rings. The fourth-order valence-electron chi connectivity index (χ4n) is 2.72. The van der Waals surface area contributed by atoms with Crippen LogP contribution in [0, 0.1) is 12.7 Å². The van der Waals surface area contributed by atoms with Crippen molar-refractivity contribution in [2.24, 2.45) is 0 Å². The number of hydrogen-bond acceptors (Lipinski definition) is 4. The predicted molar refractivity (Wildman–Crippen MR) is 107 cm³/mol. The number of amides is 1. The van der Waals surface area contributed by atoms with Gasteiger partial charge in [-0.25, -0.2) is 9.37 Å². The standard InChI is InChI=1S/C20H20FN3O2S/c1-3-10-24-19(26)15-6-4-5-7-16(15)23-20(24)27-12-18(25)22-17-11-14(21)9-8-13(17)2/h4-9,11H,3,10,12H2,1-2H3,(H,22,25). The van der Waals surface area contributed by atoms with Crippen molar-refractivity contribution in [2.75, 3.05) is 11.1 Å². The molecule has 5 nitrogen and oxygen atoms in total. The molecule has 7 heteroatoms. The van der Waals surface area contributed by atoms with Gasteiger partial charge in [0, 0.05) is 12.2 Å². The number of halogens is 1. The molecule has 1 aromatic heterocycles. The van der Waals surface area contributed by atoms with Crippen LogP contribution < -0.4 is 10.9 Å². The van der Waals surface area contributed by atoms with Crippen LogP contribution in [0.4, 0.5) is 10.1 Å². The minimum absolute atomic E-state index is 0.0739. The molecule has 2 aromatic carbocycles. The van der Waals surface area contributed by atoms with E-state index in [1.807, 2.05) is 19.1 Å². The molecule has 0 saturated carbocycles. The van der Waals surface area contributed by atoms with E-state index in [-0.39, 0.29) is 17.2 Å². The number of rotatable bonds is 6. The Morgan fingerprint density at radius 3 is 2.81 bits per heavy atom. The molecule has 0 radical (unpaired) electrons. The highest BCUT2D eigenvalue weighted by atomic mass is 32.2. The summed E-state index contributed by atoms with van der Waals surface area (Å²) in [5.41, 5.74) is 1.73. The summed E-state index contributed by atoms with van der Waals surface area (Å²) in [7, 11) is 0. The van der Waals surface area contributed by atoms with E-state index in [2.05, 4.69) is 10.3 Å². The molecule has 1 amide bonds. The van der Waals surface area contributed by atoms with Gasteiger partial charge in [-0.05, 0) is 43.2 Å². The number of para-hydroxylation sites is 1. The first-order valence-electron chi connectivity index (χ1n) is 8.68. The molecule has 0 spiro atoms. The molecule has 0 aliphatic heterocycles. The Hall–Kier alpha value is -2.67. The molecule has 0 saturated heterocycles. The third-order valence-electron chi connectivity index (χ3n) is 4.08. The predicted octanol–water partition coefficient (Wildman–Crippen LogP) is 3.98. The fraction of sp³-hybridized carbons (Fsp3) is 0.250.